The van der Waals surface area contributed by atoms with Gasteiger partial charge in [0.2, 0.25) is 0 Å². The van der Waals surface area contributed by atoms with Crippen LogP contribution in [0.15, 0.2) is 80.4 Å². The van der Waals surface area contributed by atoms with Crippen molar-refractivity contribution in [3.05, 3.63) is 72.0 Å². The molecule has 0 aliphatic rings. The number of hydrogen-bond donors (Lipinski definition) is 2. The van der Waals surface area contributed by atoms with Crippen LogP contribution in [0.5, 0.6) is 5.75 Å². The van der Waals surface area contributed by atoms with Gasteiger partial charge in [0.05, 0.1) is 24.4 Å². The SMILES string of the molecule is COc1ccc(C(=O)N/N=C\c2ccc(Sc3nc4ccccc4[nH]3)o2)cc1. The van der Waals surface area contributed by atoms with Crippen molar-refractivity contribution in [3.63, 3.8) is 0 Å². The number of rotatable bonds is 6. The highest BCUT2D eigenvalue weighted by molar-refractivity contribution is 7.99. The Bertz CT molecular complexity index is 1100. The van der Waals surface area contributed by atoms with Gasteiger partial charge in [-0.05, 0) is 60.3 Å². The van der Waals surface area contributed by atoms with Crippen molar-refractivity contribution in [1.82, 2.24) is 15.4 Å². The number of H-pyrrole nitrogens is 1. The Balaban J connectivity index is 1.36. The van der Waals surface area contributed by atoms with Crippen molar-refractivity contribution in [1.29, 1.82) is 0 Å². The lowest BCUT2D eigenvalue weighted by Crippen LogP contribution is -2.17. The fourth-order valence-electron chi connectivity index (χ4n) is 2.49. The molecule has 8 heteroatoms. The number of para-hydroxylation sites is 2. The number of amides is 1. The van der Waals surface area contributed by atoms with E-state index in [9.17, 15) is 4.79 Å². The van der Waals surface area contributed by atoms with Gasteiger partial charge < -0.3 is 14.1 Å². The zero-order valence-electron chi connectivity index (χ0n) is 14.9. The molecule has 0 saturated carbocycles. The summed E-state index contributed by atoms with van der Waals surface area (Å²) in [5.74, 6) is 0.890. The van der Waals surface area contributed by atoms with E-state index < -0.39 is 0 Å². The van der Waals surface area contributed by atoms with Gasteiger partial charge in [-0.3, -0.25) is 4.79 Å². The number of furan rings is 1. The van der Waals surface area contributed by atoms with Crippen molar-refractivity contribution in [3.8, 4) is 5.75 Å². The highest BCUT2D eigenvalue weighted by Gasteiger charge is 2.08. The van der Waals surface area contributed by atoms with E-state index in [1.807, 2.05) is 30.3 Å². The van der Waals surface area contributed by atoms with Crippen LogP contribution in [0, 0.1) is 0 Å². The first kappa shape index (κ1) is 17.9. The Morgan fingerprint density at radius 1 is 1.18 bits per heavy atom. The number of carbonyl (C=O) groups is 1. The molecule has 0 spiro atoms. The highest BCUT2D eigenvalue weighted by atomic mass is 32.2. The highest BCUT2D eigenvalue weighted by Crippen LogP contribution is 2.28. The van der Waals surface area contributed by atoms with Gasteiger partial charge in [0.1, 0.15) is 11.5 Å². The zero-order chi connectivity index (χ0) is 19.3. The van der Waals surface area contributed by atoms with Crippen molar-refractivity contribution in [2.45, 2.75) is 10.2 Å². The molecule has 0 aliphatic heterocycles. The minimum atomic E-state index is -0.317. The monoisotopic (exact) mass is 392 g/mol. The molecular weight excluding hydrogens is 376 g/mol. The molecular formula is C20H16N4O3S. The Morgan fingerprint density at radius 2 is 2.00 bits per heavy atom. The number of aromatic nitrogens is 2. The minimum absolute atomic E-state index is 0.317. The average Bonchev–Trinajstić information content (AvgIpc) is 3.34. The largest absolute Gasteiger partial charge is 0.497 e. The second-order valence-electron chi connectivity index (χ2n) is 5.75. The quantitative estimate of drug-likeness (QED) is 0.381. The third kappa shape index (κ3) is 4.07. The van der Waals surface area contributed by atoms with E-state index in [0.717, 1.165) is 16.2 Å². The molecule has 0 fully saturated rings. The summed E-state index contributed by atoms with van der Waals surface area (Å²) in [6.07, 6.45) is 1.45. The van der Waals surface area contributed by atoms with Gasteiger partial charge in [0.15, 0.2) is 10.2 Å². The van der Waals surface area contributed by atoms with E-state index in [-0.39, 0.29) is 5.91 Å². The molecule has 7 nitrogen and oxygen atoms in total. The van der Waals surface area contributed by atoms with Gasteiger partial charge in [-0.1, -0.05) is 12.1 Å². The summed E-state index contributed by atoms with van der Waals surface area (Å²) >= 11 is 1.38. The van der Waals surface area contributed by atoms with Crippen LogP contribution in [0.25, 0.3) is 11.0 Å². The number of aromatic amines is 1. The van der Waals surface area contributed by atoms with E-state index in [2.05, 4.69) is 20.5 Å². The molecule has 140 valence electrons. The number of benzene rings is 2. The van der Waals surface area contributed by atoms with Crippen LogP contribution in [-0.2, 0) is 0 Å². The smallest absolute Gasteiger partial charge is 0.271 e. The Labute approximate surface area is 164 Å². The van der Waals surface area contributed by atoms with Crippen LogP contribution in [-0.4, -0.2) is 29.2 Å². The molecule has 28 heavy (non-hydrogen) atoms. The zero-order valence-corrected chi connectivity index (χ0v) is 15.7. The number of fused-ring (bicyclic) bond motifs is 1. The predicted octanol–water partition coefficient (Wildman–Crippen LogP) is 4.08. The number of hydrazone groups is 1. The van der Waals surface area contributed by atoms with Gasteiger partial charge in [-0.25, -0.2) is 10.4 Å². The number of nitrogens with zero attached hydrogens (tertiary/aromatic N) is 2. The summed E-state index contributed by atoms with van der Waals surface area (Å²) in [6.45, 7) is 0. The molecule has 0 bridgehead atoms. The number of ether oxygens (including phenoxy) is 1. The fourth-order valence-corrected chi connectivity index (χ4v) is 3.26. The van der Waals surface area contributed by atoms with Crippen LogP contribution in [0.3, 0.4) is 0 Å². The predicted molar refractivity (Wildman–Crippen MR) is 107 cm³/mol. The number of methoxy groups -OCH3 is 1. The second-order valence-corrected chi connectivity index (χ2v) is 6.74. The Kier molecular flexibility index (Phi) is 5.11. The molecule has 4 aromatic rings. The summed E-state index contributed by atoms with van der Waals surface area (Å²) in [5, 5.41) is 5.34. The number of imidazole rings is 1. The molecule has 0 saturated heterocycles. The summed E-state index contributed by atoms with van der Waals surface area (Å²) < 4.78 is 10.8. The molecule has 0 radical (unpaired) electrons. The van der Waals surface area contributed by atoms with Crippen LogP contribution in [0.1, 0.15) is 16.1 Å². The van der Waals surface area contributed by atoms with Crippen LogP contribution in [0.4, 0.5) is 0 Å². The summed E-state index contributed by atoms with van der Waals surface area (Å²) in [7, 11) is 1.57. The fraction of sp³-hybridized carbons (Fsp3) is 0.0500. The van der Waals surface area contributed by atoms with Crippen molar-refractivity contribution < 1.29 is 13.9 Å². The number of hydrogen-bond acceptors (Lipinski definition) is 6. The van der Waals surface area contributed by atoms with Gasteiger partial charge in [-0.15, -0.1) is 0 Å². The molecule has 2 heterocycles. The van der Waals surface area contributed by atoms with E-state index in [0.29, 0.717) is 22.2 Å². The van der Waals surface area contributed by atoms with E-state index in [1.54, 1.807) is 37.4 Å². The van der Waals surface area contributed by atoms with E-state index >= 15 is 0 Å². The van der Waals surface area contributed by atoms with Crippen LogP contribution in [0.2, 0.25) is 0 Å². The molecule has 1 amide bonds. The third-order valence-electron chi connectivity index (χ3n) is 3.88. The topological polar surface area (TPSA) is 92.5 Å². The molecule has 0 aliphatic carbocycles. The summed E-state index contributed by atoms with van der Waals surface area (Å²) in [6, 6.07) is 18.2. The van der Waals surface area contributed by atoms with Gasteiger partial charge >= 0.3 is 0 Å². The first-order valence-corrected chi connectivity index (χ1v) is 9.23. The van der Waals surface area contributed by atoms with Crippen molar-refractivity contribution in [2.24, 2.45) is 5.10 Å². The van der Waals surface area contributed by atoms with Crippen LogP contribution >= 0.6 is 11.8 Å². The Hall–Kier alpha value is -3.52. The normalized spacial score (nSPS) is 11.2. The van der Waals surface area contributed by atoms with Gasteiger partial charge in [0, 0.05) is 5.56 Å². The molecule has 2 aromatic heterocycles. The molecule has 0 atom stereocenters. The lowest BCUT2D eigenvalue weighted by Gasteiger charge is -2.01. The molecule has 2 N–H and O–H groups in total. The summed E-state index contributed by atoms with van der Waals surface area (Å²) in [4.78, 5) is 19.8. The van der Waals surface area contributed by atoms with Crippen molar-refractivity contribution >= 4 is 34.9 Å². The maximum atomic E-state index is 12.1. The number of nitrogens with one attached hydrogen (secondary N) is 2. The van der Waals surface area contributed by atoms with Gasteiger partial charge in [0.25, 0.3) is 5.91 Å². The molecule has 2 aromatic carbocycles. The van der Waals surface area contributed by atoms with E-state index in [4.69, 9.17) is 9.15 Å². The van der Waals surface area contributed by atoms with Gasteiger partial charge in [-0.2, -0.15) is 5.10 Å². The Morgan fingerprint density at radius 3 is 2.79 bits per heavy atom. The first-order chi connectivity index (χ1) is 13.7. The molecule has 4 rings (SSSR count). The lowest BCUT2D eigenvalue weighted by atomic mass is 10.2. The minimum Gasteiger partial charge on any atom is -0.497 e. The maximum absolute atomic E-state index is 12.1. The van der Waals surface area contributed by atoms with Crippen molar-refractivity contribution in [2.75, 3.05) is 7.11 Å². The van der Waals surface area contributed by atoms with Crippen LogP contribution < -0.4 is 10.2 Å². The standard InChI is InChI=1S/C20H16N4O3S/c1-26-14-8-6-13(7-9-14)19(25)24-21-12-15-10-11-18(27-15)28-20-22-16-4-2-3-5-17(16)23-20/h2-12H,1H3,(H,22,23)(H,24,25)/b21-12-. The lowest BCUT2D eigenvalue weighted by molar-refractivity contribution is 0.0955. The molecule has 0 unspecified atom stereocenters. The third-order valence-corrected chi connectivity index (χ3v) is 4.68. The second kappa shape index (κ2) is 8.01. The number of carbonyl (C=O) groups excluding carboxylic acids is 1. The summed E-state index contributed by atoms with van der Waals surface area (Å²) in [5.41, 5.74) is 4.82. The average molecular weight is 392 g/mol. The first-order valence-electron chi connectivity index (χ1n) is 8.41. The van der Waals surface area contributed by atoms with E-state index in [1.165, 1.54) is 18.0 Å². The maximum Gasteiger partial charge on any atom is 0.271 e.